The summed E-state index contributed by atoms with van der Waals surface area (Å²) < 4.78 is 28.4. The van der Waals surface area contributed by atoms with Gasteiger partial charge in [0, 0.05) is 12.5 Å². The lowest BCUT2D eigenvalue weighted by atomic mass is 9.76. The Balaban J connectivity index is 1.61. The van der Waals surface area contributed by atoms with E-state index in [0.29, 0.717) is 12.8 Å². The van der Waals surface area contributed by atoms with Gasteiger partial charge >= 0.3 is 5.97 Å². The molecular weight excluding hydrogens is 428 g/mol. The molecule has 5 rings (SSSR count). The largest absolute Gasteiger partial charge is 0.480 e. The number of carbonyl (C=O) groups excluding carboxylic acids is 1. The Kier molecular flexibility index (Phi) is 6.35. The summed E-state index contributed by atoms with van der Waals surface area (Å²) in [5, 5.41) is 12.3. The van der Waals surface area contributed by atoms with Crippen molar-refractivity contribution in [2.24, 2.45) is 5.92 Å². The Morgan fingerprint density at radius 2 is 1.66 bits per heavy atom. The predicted molar refractivity (Wildman–Crippen MR) is 119 cm³/mol. The number of amides is 1. The first kappa shape index (κ1) is 22.5. The Morgan fingerprint density at radius 3 is 2.25 bits per heavy atom. The molecule has 2 saturated heterocycles. The second-order valence-electron chi connectivity index (χ2n) is 8.75. The van der Waals surface area contributed by atoms with E-state index < -0.39 is 34.0 Å². The van der Waals surface area contributed by atoms with Crippen molar-refractivity contribution in [2.45, 2.75) is 62.0 Å². The van der Waals surface area contributed by atoms with E-state index in [4.69, 9.17) is 0 Å². The Labute approximate surface area is 188 Å². The molecule has 2 heterocycles. The normalized spacial score (nSPS) is 24.1. The highest BCUT2D eigenvalue weighted by atomic mass is 32.2. The highest BCUT2D eigenvalue weighted by Crippen LogP contribution is 2.42. The van der Waals surface area contributed by atoms with E-state index in [9.17, 15) is 23.1 Å². The van der Waals surface area contributed by atoms with Crippen molar-refractivity contribution < 1.29 is 23.1 Å². The van der Waals surface area contributed by atoms with Crippen molar-refractivity contribution in [3.05, 3.63) is 65.7 Å². The topological polar surface area (TPSA) is 104 Å². The van der Waals surface area contributed by atoms with Crippen LogP contribution in [0.2, 0.25) is 0 Å². The number of benzene rings is 2. The molecule has 2 N–H and O–H groups in total. The number of fused-ring (bicyclic) bond motifs is 3. The zero-order chi connectivity index (χ0) is 22.9. The third kappa shape index (κ3) is 4.42. The van der Waals surface area contributed by atoms with Crippen molar-refractivity contribution >= 4 is 21.9 Å². The van der Waals surface area contributed by atoms with Crippen LogP contribution in [0.15, 0.2) is 59.5 Å². The van der Waals surface area contributed by atoms with E-state index in [-0.39, 0.29) is 23.3 Å². The maximum absolute atomic E-state index is 13.5. The molecule has 2 atom stereocenters. The number of carbonyl (C=O) groups is 2. The number of piperidine rings is 2. The molecule has 170 valence electrons. The highest BCUT2D eigenvalue weighted by molar-refractivity contribution is 7.89. The van der Waals surface area contributed by atoms with Crippen LogP contribution in [0.3, 0.4) is 0 Å². The number of sulfonamides is 1. The summed E-state index contributed by atoms with van der Waals surface area (Å²) in [6.45, 7) is 1.88. The number of aliphatic carboxylic acids is 1. The molecule has 2 aliphatic heterocycles. The highest BCUT2D eigenvalue weighted by Gasteiger charge is 2.51. The Morgan fingerprint density at radius 1 is 1.03 bits per heavy atom. The molecule has 2 bridgehead atoms. The standard InChI is InChI=1S/C24H28N2O5S/c1-16-7-13-20(14-8-16)32(30,31)26-19-11-9-18(10-12-19)22(26)23(27)25-21(24(28)29)15-17-5-3-2-4-6-17/h2-8,13-14,18-19,21-22H,9-12,15H2,1H3,(H,25,27)(H,28,29)/t18?,19?,21-,22?/m0/s1. The molecule has 1 amide bonds. The number of aryl methyl sites for hydroxylation is 1. The quantitative estimate of drug-likeness (QED) is 0.667. The summed E-state index contributed by atoms with van der Waals surface area (Å²) in [6.07, 6.45) is 3.09. The van der Waals surface area contributed by atoms with Crippen LogP contribution in [0.5, 0.6) is 0 Å². The van der Waals surface area contributed by atoms with E-state index in [0.717, 1.165) is 24.0 Å². The van der Waals surface area contributed by atoms with E-state index in [1.807, 2.05) is 25.1 Å². The fraction of sp³-hybridized carbons (Fsp3) is 0.417. The van der Waals surface area contributed by atoms with E-state index in [1.54, 1.807) is 36.4 Å². The van der Waals surface area contributed by atoms with Crippen LogP contribution in [0, 0.1) is 12.8 Å². The summed E-state index contributed by atoms with van der Waals surface area (Å²) in [5.41, 5.74) is 1.73. The van der Waals surface area contributed by atoms with Crippen LogP contribution in [0.25, 0.3) is 0 Å². The zero-order valence-electron chi connectivity index (χ0n) is 18.0. The van der Waals surface area contributed by atoms with Crippen molar-refractivity contribution in [1.82, 2.24) is 9.62 Å². The number of carboxylic acid groups (broad SMARTS) is 1. The minimum absolute atomic E-state index is 0.119. The molecule has 0 spiro atoms. The van der Waals surface area contributed by atoms with Gasteiger partial charge in [-0.25, -0.2) is 13.2 Å². The maximum Gasteiger partial charge on any atom is 0.326 e. The summed E-state index contributed by atoms with van der Waals surface area (Å²) >= 11 is 0. The number of hydrogen-bond acceptors (Lipinski definition) is 4. The van der Waals surface area contributed by atoms with Gasteiger partial charge in [0.15, 0.2) is 0 Å². The first-order valence-corrected chi connectivity index (χ1v) is 12.4. The molecular formula is C24H28N2O5S. The Bertz CT molecular complexity index is 1080. The van der Waals surface area contributed by atoms with Gasteiger partial charge in [0.25, 0.3) is 0 Å². The fourth-order valence-corrected chi connectivity index (χ4v) is 6.81. The third-order valence-corrected chi connectivity index (χ3v) is 8.53. The van der Waals surface area contributed by atoms with Crippen LogP contribution in [-0.4, -0.2) is 47.8 Å². The SMILES string of the molecule is Cc1ccc(S(=O)(=O)N2C3CCC(CC3)C2C(=O)N[C@@H](Cc2ccccc2)C(=O)O)cc1. The summed E-state index contributed by atoms with van der Waals surface area (Å²) in [6, 6.07) is 13.4. The van der Waals surface area contributed by atoms with E-state index in [2.05, 4.69) is 5.32 Å². The molecule has 1 unspecified atom stereocenters. The predicted octanol–water partition coefficient (Wildman–Crippen LogP) is 2.74. The van der Waals surface area contributed by atoms with Gasteiger partial charge < -0.3 is 10.4 Å². The summed E-state index contributed by atoms with van der Waals surface area (Å²) in [4.78, 5) is 25.4. The lowest BCUT2D eigenvalue weighted by molar-refractivity contribution is -0.143. The second-order valence-corrected chi connectivity index (χ2v) is 10.6. The lowest BCUT2D eigenvalue weighted by Gasteiger charge is -2.49. The molecule has 3 aliphatic rings. The molecule has 32 heavy (non-hydrogen) atoms. The van der Waals surface area contributed by atoms with Crippen molar-refractivity contribution in [1.29, 1.82) is 0 Å². The molecule has 1 aliphatic carbocycles. The number of nitrogens with zero attached hydrogens (tertiary/aromatic N) is 1. The van der Waals surface area contributed by atoms with Gasteiger partial charge in [-0.05, 0) is 56.2 Å². The molecule has 0 radical (unpaired) electrons. The molecule has 3 fully saturated rings. The monoisotopic (exact) mass is 456 g/mol. The van der Waals surface area contributed by atoms with Crippen LogP contribution >= 0.6 is 0 Å². The smallest absolute Gasteiger partial charge is 0.326 e. The van der Waals surface area contributed by atoms with Crippen LogP contribution in [-0.2, 0) is 26.0 Å². The van der Waals surface area contributed by atoms with Gasteiger partial charge in [-0.1, -0.05) is 48.0 Å². The lowest BCUT2D eigenvalue weighted by Crippen LogP contribution is -2.63. The number of carboxylic acids is 1. The van der Waals surface area contributed by atoms with Crippen LogP contribution < -0.4 is 5.32 Å². The van der Waals surface area contributed by atoms with Crippen molar-refractivity contribution in [2.75, 3.05) is 0 Å². The number of rotatable bonds is 7. The molecule has 8 heteroatoms. The van der Waals surface area contributed by atoms with Gasteiger partial charge in [0.05, 0.1) is 4.90 Å². The number of hydrogen-bond donors (Lipinski definition) is 2. The van der Waals surface area contributed by atoms with Gasteiger partial charge in [-0.3, -0.25) is 4.79 Å². The van der Waals surface area contributed by atoms with Gasteiger partial charge in [0.2, 0.25) is 15.9 Å². The zero-order valence-corrected chi connectivity index (χ0v) is 18.8. The van der Waals surface area contributed by atoms with Crippen LogP contribution in [0.4, 0.5) is 0 Å². The van der Waals surface area contributed by atoms with Crippen molar-refractivity contribution in [3.63, 3.8) is 0 Å². The van der Waals surface area contributed by atoms with Crippen LogP contribution in [0.1, 0.15) is 36.8 Å². The summed E-state index contributed by atoms with van der Waals surface area (Å²) in [5.74, 6) is -1.79. The minimum Gasteiger partial charge on any atom is -0.480 e. The maximum atomic E-state index is 13.5. The number of nitrogens with one attached hydrogen (secondary N) is 1. The minimum atomic E-state index is -3.89. The molecule has 1 saturated carbocycles. The van der Waals surface area contributed by atoms with Crippen molar-refractivity contribution in [3.8, 4) is 0 Å². The molecule has 2 aromatic rings. The van der Waals surface area contributed by atoms with E-state index >= 15 is 0 Å². The van der Waals surface area contributed by atoms with Gasteiger partial charge in [-0.15, -0.1) is 0 Å². The average molecular weight is 457 g/mol. The third-order valence-electron chi connectivity index (χ3n) is 6.58. The second kappa shape index (κ2) is 9.03. The van der Waals surface area contributed by atoms with Gasteiger partial charge in [0.1, 0.15) is 12.1 Å². The Hall–Kier alpha value is -2.71. The first-order chi connectivity index (χ1) is 15.3. The van der Waals surface area contributed by atoms with Gasteiger partial charge in [-0.2, -0.15) is 4.31 Å². The molecule has 7 nitrogen and oxygen atoms in total. The molecule has 2 aromatic carbocycles. The fourth-order valence-electron chi connectivity index (χ4n) is 4.92. The van der Waals surface area contributed by atoms with E-state index in [1.165, 1.54) is 4.31 Å². The average Bonchev–Trinajstić information content (AvgIpc) is 2.79. The molecule has 0 aromatic heterocycles. The first-order valence-electron chi connectivity index (χ1n) is 10.9. The summed E-state index contributed by atoms with van der Waals surface area (Å²) in [7, 11) is -3.89.